The van der Waals surface area contributed by atoms with Gasteiger partial charge in [0.2, 0.25) is 0 Å². The number of benzene rings is 1. The molecule has 4 atom stereocenters. The Morgan fingerprint density at radius 3 is 2.53 bits per heavy atom. The van der Waals surface area contributed by atoms with Gasteiger partial charge in [0.1, 0.15) is 0 Å². The Balaban J connectivity index is 2.22. The number of hydrogen-bond acceptors (Lipinski definition) is 1. The Bertz CT molecular complexity index is 338. The van der Waals surface area contributed by atoms with Crippen LogP contribution in [0.2, 0.25) is 0 Å². The number of hydrogen-bond donors (Lipinski definition) is 1. The van der Waals surface area contributed by atoms with Crippen molar-refractivity contribution in [2.24, 2.45) is 5.41 Å². The fourth-order valence-electron chi connectivity index (χ4n) is 2.50. The average Bonchev–Trinajstić information content (AvgIpc) is 2.83. The molecule has 0 heterocycles. The summed E-state index contributed by atoms with van der Waals surface area (Å²) in [5.41, 5.74) is 1.45. The Hall–Kier alpha value is -0.0900. The summed E-state index contributed by atoms with van der Waals surface area (Å²) in [6.45, 7) is 4.26. The minimum Gasteiger partial charge on any atom is -0.393 e. The van der Waals surface area contributed by atoms with Crippen molar-refractivity contribution in [1.29, 1.82) is 0 Å². The number of halogens is 1. The largest absolute Gasteiger partial charge is 0.393 e. The Morgan fingerprint density at radius 1 is 1.40 bits per heavy atom. The van der Waals surface area contributed by atoms with Gasteiger partial charge in [-0.15, -0.1) is 0 Å². The smallest absolute Gasteiger partial charge is 0.0607 e. The van der Waals surface area contributed by atoms with Crippen molar-refractivity contribution in [2.45, 2.75) is 36.2 Å². The molecular formula is C13H17IO. The molecule has 0 bridgehead atoms. The topological polar surface area (TPSA) is 20.2 Å². The molecule has 0 aromatic heterocycles. The summed E-state index contributed by atoms with van der Waals surface area (Å²) >= 11 is 2.48. The van der Waals surface area contributed by atoms with Crippen LogP contribution in [0.4, 0.5) is 0 Å². The summed E-state index contributed by atoms with van der Waals surface area (Å²) in [6.07, 6.45) is 0.670. The second kappa shape index (κ2) is 4.06. The van der Waals surface area contributed by atoms with E-state index in [9.17, 15) is 5.11 Å². The molecule has 15 heavy (non-hydrogen) atoms. The van der Waals surface area contributed by atoms with Gasteiger partial charge < -0.3 is 5.11 Å². The second-order valence-corrected chi connectivity index (χ2v) is 5.92. The first kappa shape index (κ1) is 11.4. The van der Waals surface area contributed by atoms with Gasteiger partial charge in [-0.25, -0.2) is 0 Å². The predicted molar refractivity (Wildman–Crippen MR) is 71.4 cm³/mol. The number of aliphatic hydroxyl groups excluding tert-OH is 1. The van der Waals surface area contributed by atoms with Crippen molar-refractivity contribution in [1.82, 2.24) is 0 Å². The summed E-state index contributed by atoms with van der Waals surface area (Å²) in [5, 5.41) is 10.1. The van der Waals surface area contributed by atoms with Crippen LogP contribution in [0.3, 0.4) is 0 Å². The van der Waals surface area contributed by atoms with Gasteiger partial charge in [-0.05, 0) is 12.0 Å². The van der Waals surface area contributed by atoms with Crippen molar-refractivity contribution in [3.05, 3.63) is 35.9 Å². The second-order valence-electron chi connectivity index (χ2n) is 4.58. The van der Waals surface area contributed by atoms with E-state index in [1.807, 2.05) is 6.07 Å². The van der Waals surface area contributed by atoms with Crippen LogP contribution in [-0.4, -0.2) is 15.1 Å². The summed E-state index contributed by atoms with van der Waals surface area (Å²) in [6, 6.07) is 10.5. The third-order valence-electron chi connectivity index (χ3n) is 3.71. The molecule has 1 nitrogen and oxygen atoms in total. The van der Waals surface area contributed by atoms with Gasteiger partial charge in [-0.3, -0.25) is 0 Å². The maximum Gasteiger partial charge on any atom is 0.0607 e. The van der Waals surface area contributed by atoms with Gasteiger partial charge in [0, 0.05) is 15.3 Å². The molecule has 82 valence electrons. The minimum absolute atomic E-state index is 0.0800. The fraction of sp³-hybridized carbons (Fsp3) is 0.538. The molecule has 1 aliphatic carbocycles. The zero-order valence-corrected chi connectivity index (χ0v) is 11.3. The molecule has 0 amide bonds. The van der Waals surface area contributed by atoms with Crippen LogP contribution in [0.1, 0.15) is 31.7 Å². The van der Waals surface area contributed by atoms with Crippen molar-refractivity contribution < 1.29 is 5.11 Å². The number of alkyl halides is 1. The zero-order chi connectivity index (χ0) is 11.1. The molecule has 1 fully saturated rings. The zero-order valence-electron chi connectivity index (χ0n) is 9.15. The molecule has 1 aliphatic rings. The lowest BCUT2D eigenvalue weighted by molar-refractivity contribution is 0.0971. The van der Waals surface area contributed by atoms with Gasteiger partial charge in [0.05, 0.1) is 6.10 Å². The van der Waals surface area contributed by atoms with Crippen LogP contribution >= 0.6 is 22.6 Å². The SMILES string of the molecule is CC[C@H](O)[C@@]1(C)[C@@H](I)[C@@H]1c1ccccc1. The highest BCUT2D eigenvalue weighted by Crippen LogP contribution is 2.65. The molecule has 1 saturated carbocycles. The quantitative estimate of drug-likeness (QED) is 0.670. The molecule has 0 saturated heterocycles. The summed E-state index contributed by atoms with van der Waals surface area (Å²) in [5.74, 6) is 0.522. The number of rotatable bonds is 3. The molecule has 1 aromatic rings. The summed E-state index contributed by atoms with van der Waals surface area (Å²) in [7, 11) is 0. The van der Waals surface area contributed by atoms with Crippen LogP contribution in [0.15, 0.2) is 30.3 Å². The van der Waals surface area contributed by atoms with Crippen LogP contribution in [0, 0.1) is 5.41 Å². The van der Waals surface area contributed by atoms with Crippen LogP contribution in [-0.2, 0) is 0 Å². The standard InChI is InChI=1S/C13H17IO/c1-3-10(15)13(2)11(12(13)14)9-7-5-4-6-8-9/h4-8,10-12,15H,3H2,1-2H3/t10-,11-,12-,13+/m0/s1. The molecule has 0 unspecified atom stereocenters. The van der Waals surface area contributed by atoms with Crippen molar-refractivity contribution in [2.75, 3.05) is 0 Å². The van der Waals surface area contributed by atoms with E-state index in [0.717, 1.165) is 6.42 Å². The molecule has 0 aliphatic heterocycles. The Labute approximate surface area is 105 Å². The summed E-state index contributed by atoms with van der Waals surface area (Å²) < 4.78 is 0.562. The van der Waals surface area contributed by atoms with E-state index < -0.39 is 0 Å². The Morgan fingerprint density at radius 2 is 2.00 bits per heavy atom. The van der Waals surface area contributed by atoms with Gasteiger partial charge in [0.25, 0.3) is 0 Å². The van der Waals surface area contributed by atoms with E-state index in [4.69, 9.17) is 0 Å². The first-order chi connectivity index (χ1) is 7.12. The lowest BCUT2D eigenvalue weighted by Gasteiger charge is -2.17. The molecule has 2 rings (SSSR count). The molecule has 1 N–H and O–H groups in total. The normalized spacial score (nSPS) is 36.3. The van der Waals surface area contributed by atoms with Gasteiger partial charge in [0.15, 0.2) is 0 Å². The number of aliphatic hydroxyl groups is 1. The summed E-state index contributed by atoms with van der Waals surface area (Å²) in [4.78, 5) is 0. The molecule has 0 radical (unpaired) electrons. The molecule has 2 heteroatoms. The van der Waals surface area contributed by atoms with Crippen molar-refractivity contribution in [3.8, 4) is 0 Å². The molecular weight excluding hydrogens is 299 g/mol. The van der Waals surface area contributed by atoms with E-state index >= 15 is 0 Å². The van der Waals surface area contributed by atoms with Crippen molar-refractivity contribution in [3.63, 3.8) is 0 Å². The van der Waals surface area contributed by atoms with E-state index in [2.05, 4.69) is 60.7 Å². The lowest BCUT2D eigenvalue weighted by atomic mass is 9.93. The fourth-order valence-corrected chi connectivity index (χ4v) is 4.28. The minimum atomic E-state index is -0.176. The average molecular weight is 316 g/mol. The monoisotopic (exact) mass is 316 g/mol. The van der Waals surface area contributed by atoms with Gasteiger partial charge in [-0.2, -0.15) is 0 Å². The van der Waals surface area contributed by atoms with E-state index in [0.29, 0.717) is 9.84 Å². The lowest BCUT2D eigenvalue weighted by Crippen LogP contribution is -2.21. The Kier molecular flexibility index (Phi) is 3.08. The first-order valence-electron chi connectivity index (χ1n) is 5.49. The molecule has 1 aromatic carbocycles. The highest BCUT2D eigenvalue weighted by molar-refractivity contribution is 14.1. The highest BCUT2D eigenvalue weighted by Gasteiger charge is 2.63. The third-order valence-corrected chi connectivity index (χ3v) is 5.77. The maximum atomic E-state index is 10.1. The van der Waals surface area contributed by atoms with Gasteiger partial charge >= 0.3 is 0 Å². The van der Waals surface area contributed by atoms with Crippen LogP contribution in [0.5, 0.6) is 0 Å². The van der Waals surface area contributed by atoms with Crippen molar-refractivity contribution >= 4 is 22.6 Å². The van der Waals surface area contributed by atoms with E-state index in [1.165, 1.54) is 5.56 Å². The van der Waals surface area contributed by atoms with E-state index in [1.54, 1.807) is 0 Å². The van der Waals surface area contributed by atoms with Crippen LogP contribution < -0.4 is 0 Å². The first-order valence-corrected chi connectivity index (χ1v) is 6.74. The predicted octanol–water partition coefficient (Wildman–Crippen LogP) is 3.36. The third kappa shape index (κ3) is 1.72. The maximum absolute atomic E-state index is 10.1. The molecule has 0 spiro atoms. The van der Waals surface area contributed by atoms with E-state index in [-0.39, 0.29) is 11.5 Å². The van der Waals surface area contributed by atoms with Crippen LogP contribution in [0.25, 0.3) is 0 Å². The van der Waals surface area contributed by atoms with Gasteiger partial charge in [-0.1, -0.05) is 66.8 Å². The highest BCUT2D eigenvalue weighted by atomic mass is 127.